The van der Waals surface area contributed by atoms with E-state index in [2.05, 4.69) is 5.32 Å². The second-order valence-corrected chi connectivity index (χ2v) is 4.44. The van der Waals surface area contributed by atoms with E-state index in [9.17, 15) is 4.79 Å². The highest BCUT2D eigenvalue weighted by atomic mass is 16.5. The van der Waals surface area contributed by atoms with Crippen LogP contribution in [0.5, 0.6) is 5.75 Å². The zero-order valence-electron chi connectivity index (χ0n) is 11.8. The molecule has 0 radical (unpaired) electrons. The van der Waals surface area contributed by atoms with E-state index in [1.807, 2.05) is 0 Å². The van der Waals surface area contributed by atoms with Crippen molar-refractivity contribution < 1.29 is 14.3 Å². The van der Waals surface area contributed by atoms with Crippen LogP contribution in [0, 0.1) is 0 Å². The predicted molar refractivity (Wildman–Crippen MR) is 82.6 cm³/mol. The molecule has 3 N–H and O–H groups in total. The lowest BCUT2D eigenvalue weighted by Crippen LogP contribution is -2.11. The molecule has 0 atom stereocenters. The molecule has 0 saturated carbocycles. The van der Waals surface area contributed by atoms with Crippen LogP contribution in [0.4, 0.5) is 11.4 Å². The van der Waals surface area contributed by atoms with Gasteiger partial charge in [0.2, 0.25) is 0 Å². The Morgan fingerprint density at radius 2 is 1.71 bits per heavy atom. The van der Waals surface area contributed by atoms with Gasteiger partial charge in [-0.2, -0.15) is 0 Å². The van der Waals surface area contributed by atoms with Crippen molar-refractivity contribution >= 4 is 17.3 Å². The van der Waals surface area contributed by atoms with Crippen LogP contribution in [0.25, 0.3) is 0 Å². The van der Waals surface area contributed by atoms with Crippen molar-refractivity contribution in [3.05, 3.63) is 54.1 Å². The Morgan fingerprint density at radius 1 is 1.05 bits per heavy atom. The number of rotatable bonds is 6. The lowest BCUT2D eigenvalue weighted by atomic mass is 10.2. The van der Waals surface area contributed by atoms with Gasteiger partial charge in [-0.25, -0.2) is 0 Å². The third-order valence-corrected chi connectivity index (χ3v) is 2.84. The standard InChI is InChI=1S/C16H18N2O3/c1-20-10-11-21-15-8-6-14(7-9-15)18-16(19)12-2-4-13(17)5-3-12/h2-9H,10-11,17H2,1H3,(H,18,19). The van der Waals surface area contributed by atoms with Gasteiger partial charge in [0.15, 0.2) is 0 Å². The van der Waals surface area contributed by atoms with Crippen LogP contribution < -0.4 is 15.8 Å². The summed E-state index contributed by atoms with van der Waals surface area (Å²) in [5.41, 5.74) is 7.48. The van der Waals surface area contributed by atoms with Gasteiger partial charge in [-0.05, 0) is 48.5 Å². The predicted octanol–water partition coefficient (Wildman–Crippen LogP) is 2.55. The van der Waals surface area contributed by atoms with Crippen molar-refractivity contribution in [2.45, 2.75) is 0 Å². The van der Waals surface area contributed by atoms with Gasteiger partial charge in [-0.3, -0.25) is 4.79 Å². The maximum atomic E-state index is 12.0. The van der Waals surface area contributed by atoms with Gasteiger partial charge < -0.3 is 20.5 Å². The normalized spacial score (nSPS) is 10.1. The lowest BCUT2D eigenvalue weighted by molar-refractivity contribution is 0.102. The molecule has 0 saturated heterocycles. The summed E-state index contributed by atoms with van der Waals surface area (Å²) >= 11 is 0. The van der Waals surface area contributed by atoms with E-state index in [1.54, 1.807) is 55.6 Å². The molecule has 5 nitrogen and oxygen atoms in total. The van der Waals surface area contributed by atoms with Crippen molar-refractivity contribution in [1.29, 1.82) is 0 Å². The fourth-order valence-electron chi connectivity index (χ4n) is 1.72. The monoisotopic (exact) mass is 286 g/mol. The van der Waals surface area contributed by atoms with E-state index in [1.165, 1.54) is 0 Å². The molecule has 0 unspecified atom stereocenters. The zero-order valence-corrected chi connectivity index (χ0v) is 11.8. The molecule has 110 valence electrons. The summed E-state index contributed by atoms with van der Waals surface area (Å²) in [6.07, 6.45) is 0. The average molecular weight is 286 g/mol. The molecule has 0 aliphatic rings. The Kier molecular flexibility index (Phi) is 5.17. The van der Waals surface area contributed by atoms with Crippen LogP contribution in [0.15, 0.2) is 48.5 Å². The number of ether oxygens (including phenoxy) is 2. The fourth-order valence-corrected chi connectivity index (χ4v) is 1.72. The summed E-state index contributed by atoms with van der Waals surface area (Å²) in [6, 6.07) is 13.9. The van der Waals surface area contributed by atoms with Gasteiger partial charge in [-0.15, -0.1) is 0 Å². The van der Waals surface area contributed by atoms with Gasteiger partial charge in [0.05, 0.1) is 6.61 Å². The maximum absolute atomic E-state index is 12.0. The number of hydrogen-bond donors (Lipinski definition) is 2. The van der Waals surface area contributed by atoms with Gasteiger partial charge in [-0.1, -0.05) is 0 Å². The number of nitrogens with two attached hydrogens (primary N) is 1. The first-order valence-electron chi connectivity index (χ1n) is 6.58. The molecule has 0 aliphatic carbocycles. The third-order valence-electron chi connectivity index (χ3n) is 2.84. The Morgan fingerprint density at radius 3 is 2.33 bits per heavy atom. The highest BCUT2D eigenvalue weighted by Crippen LogP contribution is 2.16. The molecule has 0 bridgehead atoms. The largest absolute Gasteiger partial charge is 0.491 e. The van der Waals surface area contributed by atoms with Crippen molar-refractivity contribution in [1.82, 2.24) is 0 Å². The van der Waals surface area contributed by atoms with Crippen molar-refractivity contribution in [2.24, 2.45) is 0 Å². The number of nitrogens with one attached hydrogen (secondary N) is 1. The van der Waals surface area contributed by atoms with Gasteiger partial charge in [0.1, 0.15) is 12.4 Å². The van der Waals surface area contributed by atoms with Crippen LogP contribution in [-0.2, 0) is 4.74 Å². The number of carbonyl (C=O) groups is 1. The fraction of sp³-hybridized carbons (Fsp3) is 0.188. The molecule has 1 amide bonds. The summed E-state index contributed by atoms with van der Waals surface area (Å²) in [5, 5.41) is 2.81. The van der Waals surface area contributed by atoms with Crippen LogP contribution in [0.2, 0.25) is 0 Å². The summed E-state index contributed by atoms with van der Waals surface area (Å²) in [7, 11) is 1.62. The number of anilines is 2. The minimum atomic E-state index is -0.178. The smallest absolute Gasteiger partial charge is 0.255 e. The maximum Gasteiger partial charge on any atom is 0.255 e. The number of nitrogen functional groups attached to an aromatic ring is 1. The van der Waals surface area contributed by atoms with E-state index in [0.29, 0.717) is 30.2 Å². The van der Waals surface area contributed by atoms with Crippen molar-refractivity contribution in [3.8, 4) is 5.75 Å². The molecule has 0 heterocycles. The lowest BCUT2D eigenvalue weighted by Gasteiger charge is -2.08. The van der Waals surface area contributed by atoms with Crippen LogP contribution in [0.3, 0.4) is 0 Å². The molecule has 2 aromatic carbocycles. The Hall–Kier alpha value is -2.53. The van der Waals surface area contributed by atoms with E-state index in [4.69, 9.17) is 15.2 Å². The topological polar surface area (TPSA) is 73.6 Å². The highest BCUT2D eigenvalue weighted by Gasteiger charge is 2.05. The molecule has 0 spiro atoms. The second kappa shape index (κ2) is 7.31. The van der Waals surface area contributed by atoms with Gasteiger partial charge in [0.25, 0.3) is 5.91 Å². The number of amides is 1. The molecular weight excluding hydrogens is 268 g/mol. The van der Waals surface area contributed by atoms with Crippen LogP contribution >= 0.6 is 0 Å². The first-order chi connectivity index (χ1) is 10.2. The SMILES string of the molecule is COCCOc1ccc(NC(=O)c2ccc(N)cc2)cc1. The quantitative estimate of drug-likeness (QED) is 0.632. The van der Waals surface area contributed by atoms with Crippen molar-refractivity contribution in [3.63, 3.8) is 0 Å². The molecule has 0 aromatic heterocycles. The second-order valence-electron chi connectivity index (χ2n) is 4.44. The minimum Gasteiger partial charge on any atom is -0.491 e. The van der Waals surface area contributed by atoms with E-state index in [0.717, 1.165) is 5.75 Å². The number of carbonyl (C=O) groups excluding carboxylic acids is 1. The average Bonchev–Trinajstić information content (AvgIpc) is 2.50. The highest BCUT2D eigenvalue weighted by molar-refractivity contribution is 6.04. The Balaban J connectivity index is 1.93. The van der Waals surface area contributed by atoms with Crippen molar-refractivity contribution in [2.75, 3.05) is 31.4 Å². The molecule has 21 heavy (non-hydrogen) atoms. The summed E-state index contributed by atoms with van der Waals surface area (Å²) in [5.74, 6) is 0.556. The molecule has 0 aliphatic heterocycles. The van der Waals surface area contributed by atoms with E-state index in [-0.39, 0.29) is 5.91 Å². The number of benzene rings is 2. The molecular formula is C16H18N2O3. The first-order valence-corrected chi connectivity index (χ1v) is 6.58. The molecule has 5 heteroatoms. The Bertz CT molecular complexity index is 579. The summed E-state index contributed by atoms with van der Waals surface area (Å²) in [4.78, 5) is 12.0. The van der Waals surface area contributed by atoms with E-state index >= 15 is 0 Å². The van der Waals surface area contributed by atoms with Crippen LogP contribution in [0.1, 0.15) is 10.4 Å². The summed E-state index contributed by atoms with van der Waals surface area (Å²) < 4.78 is 10.4. The third kappa shape index (κ3) is 4.50. The number of hydrogen-bond acceptors (Lipinski definition) is 4. The first kappa shape index (κ1) is 14.9. The summed E-state index contributed by atoms with van der Waals surface area (Å²) in [6.45, 7) is 1.03. The minimum absolute atomic E-state index is 0.178. The molecule has 2 rings (SSSR count). The van der Waals surface area contributed by atoms with E-state index < -0.39 is 0 Å². The zero-order chi connectivity index (χ0) is 15.1. The number of methoxy groups -OCH3 is 1. The molecule has 2 aromatic rings. The van der Waals surface area contributed by atoms with Gasteiger partial charge in [0, 0.05) is 24.0 Å². The van der Waals surface area contributed by atoms with Gasteiger partial charge >= 0.3 is 0 Å². The Labute approximate surface area is 123 Å². The van der Waals surface area contributed by atoms with Crippen LogP contribution in [-0.4, -0.2) is 26.2 Å². The molecule has 0 fully saturated rings.